The molecule has 2 nitrogen and oxygen atoms in total. The molecule has 2 aromatic rings. The molecule has 7 heteroatoms. The molecule has 0 aliphatic rings. The molecule has 0 N–H and O–H groups in total. The Morgan fingerprint density at radius 3 is 1.21 bits per heavy atom. The van der Waals surface area contributed by atoms with Crippen molar-refractivity contribution >= 4 is 48.5 Å². The third-order valence-corrected chi connectivity index (χ3v) is 10.3. The molecule has 0 aliphatic carbocycles. The fourth-order valence-corrected chi connectivity index (χ4v) is 6.16. The first kappa shape index (κ1) is 15.1. The van der Waals surface area contributed by atoms with Crippen LogP contribution in [0.2, 0.25) is 0 Å². The van der Waals surface area contributed by atoms with E-state index in [0.29, 0.717) is 0 Å². The van der Waals surface area contributed by atoms with E-state index in [2.05, 4.69) is 0 Å². The number of aromatic nitrogens is 2. The summed E-state index contributed by atoms with van der Waals surface area (Å²) >= 11 is 26.3. The van der Waals surface area contributed by atoms with Crippen molar-refractivity contribution in [1.29, 1.82) is 0 Å². The van der Waals surface area contributed by atoms with E-state index in [9.17, 15) is 0 Å². The van der Waals surface area contributed by atoms with Gasteiger partial charge in [0.15, 0.2) is 0 Å². The molecular formula is C12H14Cl4N2Si. The van der Waals surface area contributed by atoms with Crippen LogP contribution < -0.4 is 8.47 Å². The average molecular weight is 356 g/mol. The standard InChI is InChI=1S/C12H14Cl4N2Si/c1-11-3-7-17(8-4-11)19(13,14,15,16)18-9-5-12(2)6-10-18/h3-10H,1-2H3. The molecular weight excluding hydrogens is 342 g/mol. The summed E-state index contributed by atoms with van der Waals surface area (Å²) in [6.07, 6.45) is 6.75. The van der Waals surface area contributed by atoms with E-state index in [1.807, 2.05) is 38.1 Å². The zero-order chi connectivity index (χ0) is 14.4. The Bertz CT molecular complexity index is 565. The molecule has 0 spiro atoms. The van der Waals surface area contributed by atoms with Crippen molar-refractivity contribution in [1.82, 2.24) is 0 Å². The fraction of sp³-hybridized carbons (Fsp3) is 0.167. The molecule has 0 atom stereocenters. The molecule has 0 aliphatic heterocycles. The van der Waals surface area contributed by atoms with Gasteiger partial charge in [0.2, 0.25) is 0 Å². The van der Waals surface area contributed by atoms with Gasteiger partial charge in [-0.3, -0.25) is 0 Å². The summed E-state index contributed by atoms with van der Waals surface area (Å²) in [6.45, 7) is 3.91. The number of aryl methyl sites for hydroxylation is 2. The molecule has 0 saturated heterocycles. The Labute approximate surface area is 130 Å². The minimum absolute atomic E-state index is 1.06. The van der Waals surface area contributed by atoms with Crippen LogP contribution in [0.1, 0.15) is 11.1 Å². The van der Waals surface area contributed by atoms with Crippen molar-refractivity contribution < 1.29 is 8.47 Å². The molecule has 0 radical (unpaired) electrons. The van der Waals surface area contributed by atoms with E-state index in [1.165, 1.54) is 8.47 Å². The van der Waals surface area contributed by atoms with Crippen LogP contribution in [-0.2, 0) is 0 Å². The second kappa shape index (κ2) is 4.09. The van der Waals surface area contributed by atoms with Crippen molar-refractivity contribution in [2.45, 2.75) is 13.8 Å². The van der Waals surface area contributed by atoms with Crippen molar-refractivity contribution in [3.63, 3.8) is 0 Å². The summed E-state index contributed by atoms with van der Waals surface area (Å²) in [4.78, 5) is 0. The summed E-state index contributed by atoms with van der Waals surface area (Å²) in [7, 11) is 0. The molecule has 19 heavy (non-hydrogen) atoms. The van der Waals surface area contributed by atoms with Gasteiger partial charge >= 0.3 is 131 Å². The van der Waals surface area contributed by atoms with Crippen molar-refractivity contribution in [2.75, 3.05) is 0 Å². The quantitative estimate of drug-likeness (QED) is 0.574. The summed E-state index contributed by atoms with van der Waals surface area (Å²) in [5, 5.41) is 0. The Hall–Kier alpha value is -0.323. The predicted octanol–water partition coefficient (Wildman–Crippen LogP) is 3.57. The summed E-state index contributed by atoms with van der Waals surface area (Å²) in [5.74, 6) is 0. The molecule has 2 aromatic heterocycles. The van der Waals surface area contributed by atoms with Gasteiger partial charge in [0.1, 0.15) is 0 Å². The van der Waals surface area contributed by atoms with Crippen molar-refractivity contribution in [3.05, 3.63) is 60.2 Å². The summed E-state index contributed by atoms with van der Waals surface area (Å²) < 4.78 is -2.25. The zero-order valence-electron chi connectivity index (χ0n) is 10.5. The van der Waals surface area contributed by atoms with Crippen molar-refractivity contribution in [3.8, 4) is 0 Å². The molecule has 2 heterocycles. The average Bonchev–Trinajstić information content (AvgIpc) is 2.28. The Morgan fingerprint density at radius 2 is 0.947 bits per heavy atom. The molecule has 0 amide bonds. The van der Waals surface area contributed by atoms with Crippen LogP contribution in [-0.4, -0.2) is 4.19 Å². The first-order valence-corrected chi connectivity index (χ1v) is 12.7. The number of rotatable bonds is 2. The fourth-order valence-electron chi connectivity index (χ4n) is 1.72. The number of hydrogen-bond donors (Lipinski definition) is 0. The van der Waals surface area contributed by atoms with Gasteiger partial charge in [0.05, 0.1) is 0 Å². The maximum atomic E-state index is 6.58. The van der Waals surface area contributed by atoms with E-state index in [4.69, 9.17) is 44.3 Å². The van der Waals surface area contributed by atoms with Gasteiger partial charge in [-0.1, -0.05) is 0 Å². The van der Waals surface area contributed by atoms with E-state index < -0.39 is 4.19 Å². The van der Waals surface area contributed by atoms with E-state index >= 15 is 0 Å². The van der Waals surface area contributed by atoms with Gasteiger partial charge in [-0.05, 0) is 0 Å². The first-order chi connectivity index (χ1) is 8.53. The van der Waals surface area contributed by atoms with Crippen LogP contribution in [0.4, 0.5) is 0 Å². The first-order valence-electron chi connectivity index (χ1n) is 5.72. The number of halogens is 4. The minimum atomic E-state index is -5.20. The van der Waals surface area contributed by atoms with E-state index in [1.54, 1.807) is 24.8 Å². The topological polar surface area (TPSA) is 7.76 Å². The van der Waals surface area contributed by atoms with Gasteiger partial charge in [0, 0.05) is 0 Å². The van der Waals surface area contributed by atoms with Crippen LogP contribution in [0.25, 0.3) is 0 Å². The van der Waals surface area contributed by atoms with Gasteiger partial charge in [-0.2, -0.15) is 0 Å². The normalized spacial score (nSPS) is 15.7. The van der Waals surface area contributed by atoms with Gasteiger partial charge in [-0.25, -0.2) is 0 Å². The van der Waals surface area contributed by atoms with Crippen LogP contribution >= 0.6 is 44.3 Å². The van der Waals surface area contributed by atoms with E-state index in [0.717, 1.165) is 11.1 Å². The van der Waals surface area contributed by atoms with E-state index in [-0.39, 0.29) is 0 Å². The maximum absolute atomic E-state index is 6.58. The number of nitrogens with zero attached hydrogens (tertiary/aromatic N) is 2. The monoisotopic (exact) mass is 354 g/mol. The zero-order valence-corrected chi connectivity index (χ0v) is 14.5. The molecule has 104 valence electrons. The molecule has 2 rings (SSSR count). The SMILES string of the molecule is Cc1cc[n+]([Si-2](Cl)(Cl)(Cl)(Cl)[n+]2ccc(C)cc2)cc1. The molecule has 0 saturated carbocycles. The second-order valence-corrected chi connectivity index (χ2v) is 22.6. The van der Waals surface area contributed by atoms with Gasteiger partial charge in [-0.15, -0.1) is 0 Å². The number of pyridine rings is 2. The summed E-state index contributed by atoms with van der Waals surface area (Å²) in [5.41, 5.74) is 2.12. The Morgan fingerprint density at radius 1 is 0.684 bits per heavy atom. The predicted molar refractivity (Wildman–Crippen MR) is 82.7 cm³/mol. The van der Waals surface area contributed by atoms with Crippen LogP contribution in [0, 0.1) is 13.8 Å². The van der Waals surface area contributed by atoms with Crippen LogP contribution in [0.3, 0.4) is 0 Å². The van der Waals surface area contributed by atoms with Crippen molar-refractivity contribution in [2.24, 2.45) is 0 Å². The molecule has 0 bridgehead atoms. The molecule has 0 aromatic carbocycles. The van der Waals surface area contributed by atoms with Crippen LogP contribution in [0.15, 0.2) is 49.1 Å². The Balaban J connectivity index is 2.71. The molecule has 0 unspecified atom stereocenters. The second-order valence-electron chi connectivity index (χ2n) is 4.77. The Kier molecular flexibility index (Phi) is 3.24. The number of hydrogen-bond acceptors (Lipinski definition) is 0. The third-order valence-electron chi connectivity index (χ3n) is 3.00. The van der Waals surface area contributed by atoms with Gasteiger partial charge in [0.25, 0.3) is 0 Å². The van der Waals surface area contributed by atoms with Crippen LogP contribution in [0.5, 0.6) is 0 Å². The molecule has 0 fully saturated rings. The van der Waals surface area contributed by atoms with Gasteiger partial charge < -0.3 is 0 Å². The third kappa shape index (κ3) is 2.76. The summed E-state index contributed by atoms with van der Waals surface area (Å²) in [6, 6.07) is 7.39.